The van der Waals surface area contributed by atoms with Gasteiger partial charge < -0.3 is 25.1 Å². The molecular weight excluding hydrogens is 426 g/mol. The van der Waals surface area contributed by atoms with Crippen LogP contribution in [-0.4, -0.2) is 53.2 Å². The number of nitrogens with one attached hydrogen (secondary N) is 3. The highest BCUT2D eigenvalue weighted by atomic mass is 19.2. The Balaban J connectivity index is 1.43. The topological polar surface area (TPSA) is 78.0 Å². The standard InChI is InChI=1S/C24H22F2N6O/c25-19-8-14(9-20(22(19)26)31-4-1-27-2-5-31)15-7-17-18(12-30-23(17)29-11-15)16-10-21-24(33)28-3-6-32(21)13-16/h7-13,27H,1-6H2,(H,28,33)(H,29,30). The molecule has 2 aliphatic heterocycles. The van der Waals surface area contributed by atoms with Crippen LogP contribution in [0.15, 0.2) is 42.9 Å². The lowest BCUT2D eigenvalue weighted by molar-refractivity contribution is 0.0928. The minimum Gasteiger partial charge on any atom is -0.367 e. The number of amides is 1. The third-order valence-corrected chi connectivity index (χ3v) is 6.41. The van der Waals surface area contributed by atoms with E-state index in [9.17, 15) is 13.6 Å². The van der Waals surface area contributed by atoms with Crippen molar-refractivity contribution in [2.24, 2.45) is 0 Å². The van der Waals surface area contributed by atoms with Crippen molar-refractivity contribution in [2.45, 2.75) is 6.54 Å². The van der Waals surface area contributed by atoms with Gasteiger partial charge in [-0.25, -0.2) is 13.8 Å². The highest BCUT2D eigenvalue weighted by Gasteiger charge is 2.21. The first-order valence-electron chi connectivity index (χ1n) is 11.0. The number of carbonyl (C=O) groups excluding carboxylic acids is 1. The second-order valence-electron chi connectivity index (χ2n) is 8.41. The van der Waals surface area contributed by atoms with E-state index < -0.39 is 11.6 Å². The van der Waals surface area contributed by atoms with E-state index in [4.69, 9.17) is 0 Å². The number of aromatic nitrogens is 3. The van der Waals surface area contributed by atoms with Crippen molar-refractivity contribution in [1.29, 1.82) is 0 Å². The molecule has 1 amide bonds. The van der Waals surface area contributed by atoms with Gasteiger partial charge in [0.05, 0.1) is 5.69 Å². The number of piperazine rings is 1. The zero-order valence-corrected chi connectivity index (χ0v) is 17.8. The third kappa shape index (κ3) is 3.36. The maximum atomic E-state index is 14.6. The number of aromatic amines is 1. The predicted octanol–water partition coefficient (Wildman–Crippen LogP) is 3.13. The SMILES string of the molecule is O=C1NCCn2cc(-c3c[nH]c4ncc(-c5cc(F)c(F)c(N6CCNCC6)c5)cc34)cc21. The van der Waals surface area contributed by atoms with Crippen molar-refractivity contribution >= 4 is 22.6 Å². The Kier molecular flexibility index (Phi) is 4.65. The first-order valence-corrected chi connectivity index (χ1v) is 11.0. The lowest BCUT2D eigenvalue weighted by Gasteiger charge is -2.30. The lowest BCUT2D eigenvalue weighted by Crippen LogP contribution is -2.44. The summed E-state index contributed by atoms with van der Waals surface area (Å²) in [4.78, 5) is 21.7. The average molecular weight is 448 g/mol. The minimum atomic E-state index is -0.874. The molecule has 33 heavy (non-hydrogen) atoms. The van der Waals surface area contributed by atoms with Gasteiger partial charge in [-0.05, 0) is 29.8 Å². The normalized spacial score (nSPS) is 16.2. The maximum absolute atomic E-state index is 14.6. The van der Waals surface area contributed by atoms with Crippen molar-refractivity contribution in [3.8, 4) is 22.3 Å². The fourth-order valence-corrected chi connectivity index (χ4v) is 4.69. The molecule has 9 heteroatoms. The fourth-order valence-electron chi connectivity index (χ4n) is 4.69. The average Bonchev–Trinajstić information content (AvgIpc) is 3.45. The molecular formula is C24H22F2N6O. The van der Waals surface area contributed by atoms with Crippen LogP contribution >= 0.6 is 0 Å². The largest absolute Gasteiger partial charge is 0.367 e. The molecule has 0 unspecified atom stereocenters. The van der Waals surface area contributed by atoms with Crippen molar-refractivity contribution in [3.63, 3.8) is 0 Å². The molecule has 3 aromatic heterocycles. The van der Waals surface area contributed by atoms with E-state index in [1.807, 2.05) is 34.0 Å². The Morgan fingerprint density at radius 3 is 2.61 bits per heavy atom. The molecule has 6 rings (SSSR count). The van der Waals surface area contributed by atoms with Gasteiger partial charge in [0.2, 0.25) is 0 Å². The highest BCUT2D eigenvalue weighted by Crippen LogP contribution is 2.34. The number of benzene rings is 1. The molecule has 5 heterocycles. The van der Waals surface area contributed by atoms with E-state index in [0.29, 0.717) is 42.1 Å². The molecule has 0 bridgehead atoms. The van der Waals surface area contributed by atoms with E-state index in [1.165, 1.54) is 6.07 Å². The van der Waals surface area contributed by atoms with Gasteiger partial charge in [-0.3, -0.25) is 4.79 Å². The molecule has 2 aliphatic rings. The first-order chi connectivity index (χ1) is 16.1. The monoisotopic (exact) mass is 448 g/mol. The van der Waals surface area contributed by atoms with E-state index >= 15 is 0 Å². The number of H-pyrrole nitrogens is 1. The van der Waals surface area contributed by atoms with Gasteiger partial charge in [-0.15, -0.1) is 0 Å². The molecule has 1 saturated heterocycles. The summed E-state index contributed by atoms with van der Waals surface area (Å²) in [6.45, 7) is 4.01. The predicted molar refractivity (Wildman–Crippen MR) is 122 cm³/mol. The molecule has 1 aromatic carbocycles. The summed E-state index contributed by atoms with van der Waals surface area (Å²) < 4.78 is 31.1. The molecule has 0 spiro atoms. The van der Waals surface area contributed by atoms with Crippen molar-refractivity contribution in [2.75, 3.05) is 37.6 Å². The lowest BCUT2D eigenvalue weighted by atomic mass is 10.0. The van der Waals surface area contributed by atoms with Crippen LogP contribution in [0.2, 0.25) is 0 Å². The van der Waals surface area contributed by atoms with Crippen LogP contribution in [0.3, 0.4) is 0 Å². The Bertz CT molecular complexity index is 1390. The Hall–Kier alpha value is -3.72. The van der Waals surface area contributed by atoms with Gasteiger partial charge in [-0.1, -0.05) is 0 Å². The zero-order chi connectivity index (χ0) is 22.5. The zero-order valence-electron chi connectivity index (χ0n) is 17.8. The fraction of sp³-hybridized carbons (Fsp3) is 0.250. The van der Waals surface area contributed by atoms with Crippen LogP contribution in [0.5, 0.6) is 0 Å². The van der Waals surface area contributed by atoms with E-state index in [1.54, 1.807) is 12.3 Å². The van der Waals surface area contributed by atoms with Gasteiger partial charge in [0.15, 0.2) is 11.6 Å². The second-order valence-corrected chi connectivity index (χ2v) is 8.41. The number of fused-ring (bicyclic) bond motifs is 2. The smallest absolute Gasteiger partial charge is 0.267 e. The molecule has 0 aliphatic carbocycles. The number of halogens is 2. The van der Waals surface area contributed by atoms with Crippen molar-refractivity contribution in [3.05, 3.63) is 60.2 Å². The van der Waals surface area contributed by atoms with E-state index in [2.05, 4.69) is 20.6 Å². The van der Waals surface area contributed by atoms with Gasteiger partial charge >= 0.3 is 0 Å². The molecule has 7 nitrogen and oxygen atoms in total. The van der Waals surface area contributed by atoms with E-state index in [-0.39, 0.29) is 11.6 Å². The molecule has 0 saturated carbocycles. The Labute approximate surface area is 188 Å². The van der Waals surface area contributed by atoms with Gasteiger partial charge in [0.25, 0.3) is 5.91 Å². The molecule has 4 aromatic rings. The highest BCUT2D eigenvalue weighted by molar-refractivity contribution is 5.99. The number of anilines is 1. The molecule has 1 fully saturated rings. The van der Waals surface area contributed by atoms with E-state index in [0.717, 1.165) is 36.1 Å². The van der Waals surface area contributed by atoms with Crippen LogP contribution < -0.4 is 15.5 Å². The van der Waals surface area contributed by atoms with Crippen LogP contribution in [-0.2, 0) is 6.54 Å². The van der Waals surface area contributed by atoms with Gasteiger partial charge in [0.1, 0.15) is 11.3 Å². The summed E-state index contributed by atoms with van der Waals surface area (Å²) in [5.74, 6) is -1.79. The first kappa shape index (κ1) is 19.9. The summed E-state index contributed by atoms with van der Waals surface area (Å²) >= 11 is 0. The summed E-state index contributed by atoms with van der Waals surface area (Å²) in [6, 6.07) is 6.71. The number of carbonyl (C=O) groups is 1. The summed E-state index contributed by atoms with van der Waals surface area (Å²) in [5.41, 5.74) is 4.65. The number of rotatable bonds is 3. The van der Waals surface area contributed by atoms with Crippen molar-refractivity contribution in [1.82, 2.24) is 25.2 Å². The molecule has 0 atom stereocenters. The van der Waals surface area contributed by atoms with Gasteiger partial charge in [0, 0.05) is 79.9 Å². The maximum Gasteiger partial charge on any atom is 0.267 e. The molecule has 168 valence electrons. The second kappa shape index (κ2) is 7.70. The Morgan fingerprint density at radius 1 is 0.939 bits per heavy atom. The Morgan fingerprint density at radius 2 is 1.79 bits per heavy atom. The van der Waals surface area contributed by atoms with Crippen LogP contribution in [0.25, 0.3) is 33.3 Å². The molecule has 3 N–H and O–H groups in total. The van der Waals surface area contributed by atoms with Crippen molar-refractivity contribution < 1.29 is 13.6 Å². The summed E-state index contributed by atoms with van der Waals surface area (Å²) in [6.07, 6.45) is 5.48. The van der Waals surface area contributed by atoms with Gasteiger partial charge in [-0.2, -0.15) is 0 Å². The molecule has 0 radical (unpaired) electrons. The number of hydrogen-bond acceptors (Lipinski definition) is 4. The van der Waals surface area contributed by atoms with Crippen LogP contribution in [0, 0.1) is 11.6 Å². The number of hydrogen-bond donors (Lipinski definition) is 3. The number of nitrogens with zero attached hydrogens (tertiary/aromatic N) is 3. The minimum absolute atomic E-state index is 0.0895. The number of pyridine rings is 1. The summed E-state index contributed by atoms with van der Waals surface area (Å²) in [7, 11) is 0. The van der Waals surface area contributed by atoms with Crippen LogP contribution in [0.1, 0.15) is 10.5 Å². The van der Waals surface area contributed by atoms with Crippen LogP contribution in [0.4, 0.5) is 14.5 Å². The summed E-state index contributed by atoms with van der Waals surface area (Å²) in [5, 5.41) is 6.93. The third-order valence-electron chi connectivity index (χ3n) is 6.41. The quantitative estimate of drug-likeness (QED) is 0.450.